The van der Waals surface area contributed by atoms with Crippen LogP contribution in [0.25, 0.3) is 21.9 Å². The predicted molar refractivity (Wildman–Crippen MR) is 166 cm³/mol. The molecule has 4 aromatic rings. The molecule has 2 N–H and O–H groups in total. The smallest absolute Gasteiger partial charge is 0.459 e. The molecule has 0 saturated carbocycles. The number of ether oxygens (including phenoxy) is 2. The molecule has 0 radical (unpaired) electrons. The normalized spacial score (nSPS) is 23.7. The molecule has 1 saturated heterocycles. The number of imidazole rings is 1. The topological polar surface area (TPSA) is 150 Å². The molecule has 13 nitrogen and oxygen atoms in total. The number of esters is 1. The zero-order valence-corrected chi connectivity index (χ0v) is 27.1. The van der Waals surface area contributed by atoms with Crippen LogP contribution in [0.3, 0.4) is 0 Å². The van der Waals surface area contributed by atoms with Crippen LogP contribution in [-0.2, 0) is 23.4 Å². The average molecular weight is 645 g/mol. The number of rotatable bonds is 11. The van der Waals surface area contributed by atoms with Crippen LogP contribution >= 0.6 is 7.75 Å². The van der Waals surface area contributed by atoms with Crippen LogP contribution in [-0.4, -0.2) is 81.3 Å². The minimum atomic E-state index is -4.37. The molecule has 0 unspecified atom stereocenters. The molecule has 0 spiro atoms. The van der Waals surface area contributed by atoms with Gasteiger partial charge in [0.2, 0.25) is 0 Å². The third-order valence-electron chi connectivity index (χ3n) is 7.34. The molecule has 45 heavy (non-hydrogen) atoms. The van der Waals surface area contributed by atoms with Crippen molar-refractivity contribution in [3.05, 3.63) is 54.6 Å². The van der Waals surface area contributed by atoms with Gasteiger partial charge in [0.15, 0.2) is 28.9 Å². The van der Waals surface area contributed by atoms with E-state index in [1.165, 1.54) is 24.7 Å². The molecule has 0 amide bonds. The molecule has 3 heterocycles. The van der Waals surface area contributed by atoms with E-state index < -0.39 is 56.6 Å². The number of hydrogen-bond acceptors (Lipinski definition) is 11. The monoisotopic (exact) mass is 644 g/mol. The third-order valence-corrected chi connectivity index (χ3v) is 8.97. The zero-order chi connectivity index (χ0) is 32.7. The number of benzene rings is 2. The standard InChI is InChI=1S/C30H38FN6O7P/c1-17(2)42-28(39)18(3)35-45(40,44-22-14-10-12-20-11-8-9-13-21(20)22)41-15-23-25(38)30(5,31)29(43-23)37-16-32-24-26(36(6)7)33-19(4)34-27(24)37/h8-14,16-18,23,25,29,38H,15H2,1-7H3,(H,35,40)/t18-,23-,25-,29-,30-,45-/m1/s1. The van der Waals surface area contributed by atoms with Gasteiger partial charge in [0.1, 0.15) is 29.8 Å². The van der Waals surface area contributed by atoms with Gasteiger partial charge in [-0.1, -0.05) is 36.4 Å². The Morgan fingerprint density at radius 2 is 1.91 bits per heavy atom. The molecule has 0 aliphatic carbocycles. The van der Waals surface area contributed by atoms with E-state index in [0.29, 0.717) is 28.2 Å². The van der Waals surface area contributed by atoms with Gasteiger partial charge in [-0.3, -0.25) is 13.9 Å². The number of alkyl halides is 1. The second kappa shape index (κ2) is 12.6. The van der Waals surface area contributed by atoms with Crippen molar-refractivity contribution in [2.24, 2.45) is 0 Å². The molecule has 5 rings (SSSR count). The maximum absolute atomic E-state index is 16.2. The summed E-state index contributed by atoms with van der Waals surface area (Å²) in [7, 11) is -0.764. The number of aromatic nitrogens is 4. The minimum absolute atomic E-state index is 0.228. The summed E-state index contributed by atoms with van der Waals surface area (Å²) in [6.45, 7) is 7.19. The van der Waals surface area contributed by atoms with Crippen molar-refractivity contribution in [3.63, 3.8) is 0 Å². The van der Waals surface area contributed by atoms with Gasteiger partial charge < -0.3 is 24.0 Å². The Morgan fingerprint density at radius 3 is 2.62 bits per heavy atom. The van der Waals surface area contributed by atoms with E-state index >= 15 is 4.39 Å². The van der Waals surface area contributed by atoms with E-state index in [0.717, 1.165) is 5.39 Å². The number of fused-ring (bicyclic) bond motifs is 2. The van der Waals surface area contributed by atoms with Crippen LogP contribution < -0.4 is 14.5 Å². The summed E-state index contributed by atoms with van der Waals surface area (Å²) in [6.07, 6.45) is -3.39. The SMILES string of the molecule is Cc1nc(N(C)C)c2ncn([C@@H]3O[C@H](CO[P@](=O)(N[C@H](C)C(=O)OC(C)C)Oc4cccc5ccccc45)[C@@H](O)[C@@]3(C)F)c2n1. The maximum atomic E-state index is 16.2. The van der Waals surface area contributed by atoms with Gasteiger partial charge in [0, 0.05) is 19.5 Å². The van der Waals surface area contributed by atoms with E-state index in [9.17, 15) is 14.5 Å². The number of carbonyl (C=O) groups excluding carboxylic acids is 1. The molecule has 2 aromatic carbocycles. The van der Waals surface area contributed by atoms with Crippen molar-refractivity contribution in [2.75, 3.05) is 25.6 Å². The van der Waals surface area contributed by atoms with E-state index in [-0.39, 0.29) is 5.75 Å². The highest BCUT2D eigenvalue weighted by Gasteiger charge is 2.56. The molecule has 1 aliphatic heterocycles. The zero-order valence-electron chi connectivity index (χ0n) is 26.2. The van der Waals surface area contributed by atoms with Crippen LogP contribution in [0.1, 0.15) is 39.7 Å². The average Bonchev–Trinajstić information content (AvgIpc) is 3.48. The summed E-state index contributed by atoms with van der Waals surface area (Å²) >= 11 is 0. The number of carbonyl (C=O) groups is 1. The third kappa shape index (κ3) is 6.66. The first-order valence-electron chi connectivity index (χ1n) is 14.5. The summed E-state index contributed by atoms with van der Waals surface area (Å²) < 4.78 is 54.9. The number of nitrogens with zero attached hydrogens (tertiary/aromatic N) is 5. The number of halogens is 1. The molecular weight excluding hydrogens is 606 g/mol. The molecule has 15 heteroatoms. The van der Waals surface area contributed by atoms with Crippen LogP contribution in [0.2, 0.25) is 0 Å². The van der Waals surface area contributed by atoms with Gasteiger partial charge >= 0.3 is 13.7 Å². The minimum Gasteiger partial charge on any atom is -0.462 e. The van der Waals surface area contributed by atoms with Crippen molar-refractivity contribution in [1.82, 2.24) is 24.6 Å². The maximum Gasteiger partial charge on any atom is 0.459 e. The van der Waals surface area contributed by atoms with Gasteiger partial charge in [0.25, 0.3) is 0 Å². The number of nitrogens with one attached hydrogen (secondary N) is 1. The Bertz CT molecular complexity index is 1740. The summed E-state index contributed by atoms with van der Waals surface area (Å²) in [5.74, 6) is 0.531. The Morgan fingerprint density at radius 1 is 1.20 bits per heavy atom. The molecule has 2 aromatic heterocycles. The van der Waals surface area contributed by atoms with Crippen LogP contribution in [0.4, 0.5) is 10.2 Å². The van der Waals surface area contributed by atoms with Crippen LogP contribution in [0, 0.1) is 6.92 Å². The lowest BCUT2D eigenvalue weighted by Gasteiger charge is -2.26. The lowest BCUT2D eigenvalue weighted by atomic mass is 9.98. The lowest BCUT2D eigenvalue weighted by Crippen LogP contribution is -2.41. The number of anilines is 1. The summed E-state index contributed by atoms with van der Waals surface area (Å²) in [6, 6.07) is 11.4. The van der Waals surface area contributed by atoms with E-state index in [1.807, 2.05) is 18.2 Å². The van der Waals surface area contributed by atoms with E-state index in [4.69, 9.17) is 18.5 Å². The summed E-state index contributed by atoms with van der Waals surface area (Å²) in [5.41, 5.74) is -1.59. The van der Waals surface area contributed by atoms with E-state index in [2.05, 4.69) is 20.0 Å². The Balaban J connectivity index is 1.42. The second-order valence-electron chi connectivity index (χ2n) is 11.6. The summed E-state index contributed by atoms with van der Waals surface area (Å²) in [4.78, 5) is 27.6. The molecule has 242 valence electrons. The lowest BCUT2D eigenvalue weighted by molar-refractivity contribution is -0.149. The first kappa shape index (κ1) is 32.7. The summed E-state index contributed by atoms with van der Waals surface area (Å²) in [5, 5.41) is 15.2. The fourth-order valence-corrected chi connectivity index (χ4v) is 6.65. The molecule has 1 aliphatic rings. The van der Waals surface area contributed by atoms with Crippen molar-refractivity contribution in [2.45, 2.75) is 70.9 Å². The van der Waals surface area contributed by atoms with Crippen LogP contribution in [0.5, 0.6) is 5.75 Å². The Labute approximate surface area is 260 Å². The fraction of sp³-hybridized carbons (Fsp3) is 0.467. The van der Waals surface area contributed by atoms with Crippen molar-refractivity contribution >= 4 is 41.5 Å². The number of aliphatic hydroxyl groups excluding tert-OH is 1. The van der Waals surface area contributed by atoms with Gasteiger partial charge in [-0.05, 0) is 46.1 Å². The molecule has 1 fully saturated rings. The van der Waals surface area contributed by atoms with E-state index in [1.54, 1.807) is 64.0 Å². The second-order valence-corrected chi connectivity index (χ2v) is 13.3. The molecule has 6 atom stereocenters. The number of hydrogen-bond donors (Lipinski definition) is 2. The Hall–Kier alpha value is -3.68. The van der Waals surface area contributed by atoms with Crippen molar-refractivity contribution in [3.8, 4) is 5.75 Å². The van der Waals surface area contributed by atoms with Gasteiger partial charge in [-0.2, -0.15) is 5.09 Å². The predicted octanol–water partition coefficient (Wildman–Crippen LogP) is 4.47. The number of aryl methyl sites for hydroxylation is 1. The number of aliphatic hydroxyl groups is 1. The first-order valence-corrected chi connectivity index (χ1v) is 16.1. The highest BCUT2D eigenvalue weighted by Crippen LogP contribution is 2.49. The highest BCUT2D eigenvalue weighted by molar-refractivity contribution is 7.52. The van der Waals surface area contributed by atoms with Gasteiger partial charge in [0.05, 0.1) is 19.0 Å². The highest BCUT2D eigenvalue weighted by atomic mass is 31.2. The fourth-order valence-electron chi connectivity index (χ4n) is 5.13. The molecule has 0 bridgehead atoms. The van der Waals surface area contributed by atoms with Gasteiger partial charge in [-0.25, -0.2) is 23.9 Å². The van der Waals surface area contributed by atoms with Crippen molar-refractivity contribution < 1.29 is 37.4 Å². The Kier molecular flexibility index (Phi) is 9.16. The first-order chi connectivity index (χ1) is 21.2. The van der Waals surface area contributed by atoms with Crippen LogP contribution in [0.15, 0.2) is 48.8 Å². The van der Waals surface area contributed by atoms with Crippen molar-refractivity contribution in [1.29, 1.82) is 0 Å². The van der Waals surface area contributed by atoms with Gasteiger partial charge in [-0.15, -0.1) is 0 Å². The quantitative estimate of drug-likeness (QED) is 0.175. The largest absolute Gasteiger partial charge is 0.462 e. The molecular formula is C30H38FN6O7P.